The maximum atomic E-state index is 13.6. The molecule has 1 N–H and O–H groups in total. The molecule has 1 amide bonds. The van der Waals surface area contributed by atoms with Gasteiger partial charge >= 0.3 is 5.97 Å². The third-order valence-corrected chi connectivity index (χ3v) is 7.67. The van der Waals surface area contributed by atoms with E-state index in [4.69, 9.17) is 21.3 Å². The maximum Gasteiger partial charge on any atom is 0.339 e. The fraction of sp³-hybridized carbons (Fsp3) is 0.111. The minimum atomic E-state index is -0.599. The van der Waals surface area contributed by atoms with E-state index in [1.807, 2.05) is 37.3 Å². The van der Waals surface area contributed by atoms with E-state index in [2.05, 4.69) is 35.7 Å². The van der Waals surface area contributed by atoms with Gasteiger partial charge in [0.15, 0.2) is 12.4 Å². The minimum Gasteiger partial charge on any atom is -0.452 e. The Labute approximate surface area is 254 Å². The van der Waals surface area contributed by atoms with Crippen molar-refractivity contribution in [1.82, 2.24) is 4.98 Å². The topological polar surface area (TPSA) is 85.4 Å². The second-order valence-corrected chi connectivity index (χ2v) is 10.9. The number of carbonyl (C=O) groups excluding carboxylic acids is 3. The van der Waals surface area contributed by atoms with Gasteiger partial charge in [-0.3, -0.25) is 9.59 Å². The van der Waals surface area contributed by atoms with E-state index in [0.29, 0.717) is 33.5 Å². The SMILES string of the molecule is Cc1ccc(/C=C2\CCc3c2nc2ccccc2c3C(=O)OCC(=O)Nc2ccc(Cl)cc2C(=O)c2ccccc2)cc1. The first kappa shape index (κ1) is 28.1. The number of benzene rings is 4. The number of hydrogen-bond donors (Lipinski definition) is 1. The monoisotopic (exact) mass is 586 g/mol. The van der Waals surface area contributed by atoms with Gasteiger partial charge in [0, 0.05) is 21.5 Å². The number of nitrogens with zero attached hydrogens (tertiary/aromatic N) is 1. The molecule has 0 aliphatic heterocycles. The van der Waals surface area contributed by atoms with E-state index in [0.717, 1.165) is 28.8 Å². The molecule has 6 nitrogen and oxygen atoms in total. The number of para-hydroxylation sites is 1. The number of hydrogen-bond acceptors (Lipinski definition) is 5. The van der Waals surface area contributed by atoms with Gasteiger partial charge in [0.05, 0.1) is 22.5 Å². The number of allylic oxidation sites excluding steroid dienone is 1. The summed E-state index contributed by atoms with van der Waals surface area (Å²) in [6, 6.07) is 29.1. The van der Waals surface area contributed by atoms with Crippen LogP contribution in [0.15, 0.2) is 97.1 Å². The van der Waals surface area contributed by atoms with Gasteiger partial charge in [0.25, 0.3) is 5.91 Å². The molecule has 0 bridgehead atoms. The number of rotatable bonds is 7. The number of fused-ring (bicyclic) bond motifs is 2. The Morgan fingerprint density at radius 1 is 0.907 bits per heavy atom. The van der Waals surface area contributed by atoms with Gasteiger partial charge in [-0.15, -0.1) is 0 Å². The van der Waals surface area contributed by atoms with Crippen molar-refractivity contribution in [3.8, 4) is 0 Å². The number of amides is 1. The van der Waals surface area contributed by atoms with Gasteiger partial charge in [0.1, 0.15) is 0 Å². The molecule has 0 saturated heterocycles. The van der Waals surface area contributed by atoms with Crippen LogP contribution in [-0.4, -0.2) is 29.3 Å². The molecule has 0 atom stereocenters. The molecule has 0 fully saturated rings. The Hall–Kier alpha value is -5.07. The smallest absolute Gasteiger partial charge is 0.339 e. The van der Waals surface area contributed by atoms with Crippen LogP contribution in [0.25, 0.3) is 22.6 Å². The molecule has 0 unspecified atom stereocenters. The standard InChI is InChI=1S/C36H27ClN2O4/c1-22-11-13-23(14-12-22)19-25-15-17-28-33(27-9-5-6-10-30(27)39-34(25)28)36(42)43-21-32(40)38-31-18-16-26(37)20-29(31)35(41)24-7-3-2-4-8-24/h2-14,16,18-20H,15,17,21H2,1H3,(H,38,40)/b25-19+. The number of carbonyl (C=O) groups is 3. The van der Waals surface area contributed by atoms with Crippen molar-refractivity contribution in [3.63, 3.8) is 0 Å². The molecule has 4 aromatic carbocycles. The Balaban J connectivity index is 1.24. The van der Waals surface area contributed by atoms with Crippen molar-refractivity contribution in [2.24, 2.45) is 0 Å². The van der Waals surface area contributed by atoms with Crippen molar-refractivity contribution in [2.45, 2.75) is 19.8 Å². The van der Waals surface area contributed by atoms with Crippen molar-refractivity contribution in [2.75, 3.05) is 11.9 Å². The highest BCUT2D eigenvalue weighted by atomic mass is 35.5. The first-order chi connectivity index (χ1) is 20.9. The molecule has 0 spiro atoms. The van der Waals surface area contributed by atoms with E-state index in [1.54, 1.807) is 36.4 Å². The molecule has 1 heterocycles. The molecule has 5 aromatic rings. The molecule has 7 heteroatoms. The Bertz CT molecular complexity index is 1910. The van der Waals surface area contributed by atoms with Crippen LogP contribution >= 0.6 is 11.6 Å². The lowest BCUT2D eigenvalue weighted by Gasteiger charge is -2.14. The van der Waals surface area contributed by atoms with Crippen LogP contribution in [0.4, 0.5) is 5.69 Å². The van der Waals surface area contributed by atoms with Gasteiger partial charge in [-0.25, -0.2) is 9.78 Å². The predicted octanol–water partition coefficient (Wildman–Crippen LogP) is 7.71. The molecule has 1 aliphatic rings. The summed E-state index contributed by atoms with van der Waals surface area (Å²) in [5, 5.41) is 3.74. The van der Waals surface area contributed by atoms with Gasteiger partial charge in [-0.1, -0.05) is 90.0 Å². The largest absolute Gasteiger partial charge is 0.452 e. The van der Waals surface area contributed by atoms with Gasteiger partial charge in [-0.05, 0) is 66.8 Å². The lowest BCUT2D eigenvalue weighted by atomic mass is 10.0. The van der Waals surface area contributed by atoms with Crippen LogP contribution in [0.3, 0.4) is 0 Å². The number of halogens is 1. The van der Waals surface area contributed by atoms with E-state index in [9.17, 15) is 14.4 Å². The summed E-state index contributed by atoms with van der Waals surface area (Å²) < 4.78 is 5.56. The lowest BCUT2D eigenvalue weighted by molar-refractivity contribution is -0.119. The average Bonchev–Trinajstić information content (AvgIpc) is 3.42. The van der Waals surface area contributed by atoms with Crippen molar-refractivity contribution < 1.29 is 19.1 Å². The number of anilines is 1. The van der Waals surface area contributed by atoms with E-state index >= 15 is 0 Å². The summed E-state index contributed by atoms with van der Waals surface area (Å²) in [5.41, 5.74) is 6.97. The van der Waals surface area contributed by atoms with Crippen LogP contribution in [-0.2, 0) is 16.0 Å². The fourth-order valence-electron chi connectivity index (χ4n) is 5.32. The number of pyridine rings is 1. The Morgan fingerprint density at radius 3 is 2.44 bits per heavy atom. The molecule has 212 valence electrons. The summed E-state index contributed by atoms with van der Waals surface area (Å²) in [4.78, 5) is 44.6. The van der Waals surface area contributed by atoms with Crippen molar-refractivity contribution in [1.29, 1.82) is 0 Å². The second kappa shape index (κ2) is 12.0. The average molecular weight is 587 g/mol. The van der Waals surface area contributed by atoms with E-state index < -0.39 is 18.5 Å². The summed E-state index contributed by atoms with van der Waals surface area (Å²) in [6.45, 7) is 1.52. The Kier molecular flexibility index (Phi) is 7.86. The molecule has 0 saturated carbocycles. The molecule has 1 aliphatic carbocycles. The zero-order valence-corrected chi connectivity index (χ0v) is 24.2. The molecule has 0 radical (unpaired) electrons. The van der Waals surface area contributed by atoms with Crippen LogP contribution in [0, 0.1) is 6.92 Å². The maximum absolute atomic E-state index is 13.6. The molecule has 43 heavy (non-hydrogen) atoms. The third-order valence-electron chi connectivity index (χ3n) is 7.43. The van der Waals surface area contributed by atoms with E-state index in [-0.39, 0.29) is 17.0 Å². The first-order valence-corrected chi connectivity index (χ1v) is 14.3. The quantitative estimate of drug-likeness (QED) is 0.156. The Morgan fingerprint density at radius 2 is 1.65 bits per heavy atom. The highest BCUT2D eigenvalue weighted by Crippen LogP contribution is 2.38. The molecule has 1 aromatic heterocycles. The second-order valence-electron chi connectivity index (χ2n) is 10.4. The van der Waals surface area contributed by atoms with Gasteiger partial charge < -0.3 is 10.1 Å². The highest BCUT2D eigenvalue weighted by Gasteiger charge is 2.28. The van der Waals surface area contributed by atoms with Crippen LogP contribution in [0.1, 0.15) is 55.1 Å². The number of ether oxygens (including phenoxy) is 1. The fourth-order valence-corrected chi connectivity index (χ4v) is 5.50. The van der Waals surface area contributed by atoms with Gasteiger partial charge in [-0.2, -0.15) is 0 Å². The molecular formula is C36H27ClN2O4. The first-order valence-electron chi connectivity index (χ1n) is 13.9. The zero-order chi connectivity index (χ0) is 29.9. The third kappa shape index (κ3) is 5.96. The summed E-state index contributed by atoms with van der Waals surface area (Å²) >= 11 is 6.17. The van der Waals surface area contributed by atoms with Crippen LogP contribution in [0.5, 0.6) is 0 Å². The minimum absolute atomic E-state index is 0.240. The van der Waals surface area contributed by atoms with Gasteiger partial charge in [0.2, 0.25) is 0 Å². The predicted molar refractivity (Wildman–Crippen MR) is 169 cm³/mol. The normalized spacial score (nSPS) is 13.1. The van der Waals surface area contributed by atoms with Crippen molar-refractivity contribution in [3.05, 3.63) is 141 Å². The summed E-state index contributed by atoms with van der Waals surface area (Å²) in [6.07, 6.45) is 3.48. The highest BCUT2D eigenvalue weighted by molar-refractivity contribution is 6.31. The summed E-state index contributed by atoms with van der Waals surface area (Å²) in [7, 11) is 0. The van der Waals surface area contributed by atoms with Crippen LogP contribution < -0.4 is 5.32 Å². The zero-order valence-electron chi connectivity index (χ0n) is 23.4. The molecule has 6 rings (SSSR count). The van der Waals surface area contributed by atoms with Crippen molar-refractivity contribution >= 4 is 57.5 Å². The number of aromatic nitrogens is 1. The number of aryl methyl sites for hydroxylation is 1. The lowest BCUT2D eigenvalue weighted by Crippen LogP contribution is -2.23. The number of esters is 1. The summed E-state index contributed by atoms with van der Waals surface area (Å²) in [5.74, 6) is -1.46. The van der Waals surface area contributed by atoms with E-state index in [1.165, 1.54) is 11.6 Å². The van der Waals surface area contributed by atoms with Crippen LogP contribution in [0.2, 0.25) is 5.02 Å². The number of ketones is 1. The number of nitrogens with one attached hydrogen (secondary N) is 1. The molecular weight excluding hydrogens is 560 g/mol.